The molecule has 0 radical (unpaired) electrons. The van der Waals surface area contributed by atoms with Crippen molar-refractivity contribution in [3.63, 3.8) is 0 Å². The Hall–Kier alpha value is -0.0900. The Morgan fingerprint density at radius 2 is 2.17 bits per heavy atom. The molecule has 0 aromatic carbocycles. The summed E-state index contributed by atoms with van der Waals surface area (Å²) in [5, 5.41) is 4.15. The highest BCUT2D eigenvalue weighted by atomic mass is 79.9. The maximum absolute atomic E-state index is 12.4. The predicted molar refractivity (Wildman–Crippen MR) is 77.9 cm³/mol. The Bertz CT molecular complexity index is 275. The molecule has 0 aromatic rings. The fourth-order valence-electron chi connectivity index (χ4n) is 2.38. The molecule has 0 aliphatic carbocycles. The average Bonchev–Trinajstić information content (AvgIpc) is 2.27. The van der Waals surface area contributed by atoms with E-state index in [1.165, 1.54) is 0 Å². The van der Waals surface area contributed by atoms with Gasteiger partial charge in [0.05, 0.1) is 0 Å². The quantitative estimate of drug-likeness (QED) is 0.809. The average molecular weight is 320 g/mol. The normalized spacial score (nSPS) is 26.7. The Morgan fingerprint density at radius 3 is 2.67 bits per heavy atom. The SMILES string of the molecule is CC1COCCC1C(=O)NC(CCBr)C(C)(C)C. The van der Waals surface area contributed by atoms with Gasteiger partial charge in [0, 0.05) is 30.5 Å². The molecule has 1 amide bonds. The number of carbonyl (C=O) groups excluding carboxylic acids is 1. The highest BCUT2D eigenvalue weighted by Crippen LogP contribution is 2.26. The lowest BCUT2D eigenvalue weighted by atomic mass is 9.83. The van der Waals surface area contributed by atoms with Crippen LogP contribution in [0.25, 0.3) is 0 Å². The van der Waals surface area contributed by atoms with Gasteiger partial charge in [0.2, 0.25) is 5.91 Å². The second kappa shape index (κ2) is 6.90. The van der Waals surface area contributed by atoms with E-state index in [-0.39, 0.29) is 23.3 Å². The minimum Gasteiger partial charge on any atom is -0.381 e. The van der Waals surface area contributed by atoms with Crippen molar-refractivity contribution in [2.45, 2.75) is 46.6 Å². The third-order valence-electron chi connectivity index (χ3n) is 3.74. The molecule has 1 heterocycles. The molecule has 0 aromatic heterocycles. The van der Waals surface area contributed by atoms with E-state index in [9.17, 15) is 4.79 Å². The minimum atomic E-state index is 0.0951. The summed E-state index contributed by atoms with van der Waals surface area (Å²) in [7, 11) is 0. The highest BCUT2D eigenvalue weighted by Gasteiger charge is 2.32. The van der Waals surface area contributed by atoms with Gasteiger partial charge in [-0.2, -0.15) is 0 Å². The van der Waals surface area contributed by atoms with Crippen LogP contribution in [0.1, 0.15) is 40.5 Å². The van der Waals surface area contributed by atoms with E-state index in [4.69, 9.17) is 4.74 Å². The highest BCUT2D eigenvalue weighted by molar-refractivity contribution is 9.09. The van der Waals surface area contributed by atoms with Crippen molar-refractivity contribution in [1.82, 2.24) is 5.32 Å². The van der Waals surface area contributed by atoms with E-state index in [1.54, 1.807) is 0 Å². The molecule has 3 atom stereocenters. The van der Waals surface area contributed by atoms with Crippen LogP contribution in [0, 0.1) is 17.3 Å². The van der Waals surface area contributed by atoms with E-state index in [0.717, 1.165) is 18.2 Å². The van der Waals surface area contributed by atoms with Crippen LogP contribution >= 0.6 is 15.9 Å². The molecule has 3 unspecified atom stereocenters. The number of carbonyl (C=O) groups is 1. The summed E-state index contributed by atoms with van der Waals surface area (Å²) < 4.78 is 5.39. The van der Waals surface area contributed by atoms with Crippen molar-refractivity contribution in [1.29, 1.82) is 0 Å². The van der Waals surface area contributed by atoms with Crippen LogP contribution in [0.5, 0.6) is 0 Å². The summed E-state index contributed by atoms with van der Waals surface area (Å²) in [5.74, 6) is 0.633. The third-order valence-corrected chi connectivity index (χ3v) is 4.20. The van der Waals surface area contributed by atoms with Gasteiger partial charge in [-0.25, -0.2) is 0 Å². The molecule has 1 saturated heterocycles. The van der Waals surface area contributed by atoms with Gasteiger partial charge >= 0.3 is 0 Å². The molecule has 1 fully saturated rings. The van der Waals surface area contributed by atoms with Gasteiger partial charge in [-0.1, -0.05) is 43.6 Å². The number of halogens is 1. The molecule has 18 heavy (non-hydrogen) atoms. The molecule has 0 spiro atoms. The van der Waals surface area contributed by atoms with Gasteiger partial charge in [-0.3, -0.25) is 4.79 Å². The van der Waals surface area contributed by atoms with E-state index in [2.05, 4.69) is 48.9 Å². The molecule has 1 aliphatic heterocycles. The fraction of sp³-hybridized carbons (Fsp3) is 0.929. The standard InChI is InChI=1S/C14H26BrNO2/c1-10-9-18-8-6-11(10)13(17)16-12(5-7-15)14(2,3)4/h10-12H,5-9H2,1-4H3,(H,16,17). The minimum absolute atomic E-state index is 0.0951. The molecule has 4 heteroatoms. The second-order valence-corrected chi connectivity index (χ2v) is 7.15. The molecule has 3 nitrogen and oxygen atoms in total. The van der Waals surface area contributed by atoms with Crippen LogP contribution in [0.2, 0.25) is 0 Å². The summed E-state index contributed by atoms with van der Waals surface area (Å²) in [6.07, 6.45) is 1.81. The first-order valence-corrected chi connectivity index (χ1v) is 7.92. The molecule has 1 rings (SSSR count). The van der Waals surface area contributed by atoms with Crippen molar-refractivity contribution in [2.24, 2.45) is 17.3 Å². The van der Waals surface area contributed by atoms with Gasteiger partial charge in [-0.05, 0) is 24.2 Å². The maximum atomic E-state index is 12.4. The second-order valence-electron chi connectivity index (χ2n) is 6.35. The topological polar surface area (TPSA) is 38.3 Å². The summed E-state index contributed by atoms with van der Waals surface area (Å²) in [6.45, 7) is 10.0. The fourth-order valence-corrected chi connectivity index (χ4v) is 2.84. The molecule has 0 saturated carbocycles. The van der Waals surface area contributed by atoms with Crippen LogP contribution in [0.4, 0.5) is 0 Å². The zero-order chi connectivity index (χ0) is 13.8. The zero-order valence-electron chi connectivity index (χ0n) is 12.0. The van der Waals surface area contributed by atoms with Crippen LogP contribution in [-0.4, -0.2) is 30.5 Å². The first-order valence-electron chi connectivity index (χ1n) is 6.80. The zero-order valence-corrected chi connectivity index (χ0v) is 13.5. The Labute approximate surface area is 119 Å². The van der Waals surface area contributed by atoms with Crippen molar-refractivity contribution in [3.05, 3.63) is 0 Å². The van der Waals surface area contributed by atoms with Crippen molar-refractivity contribution >= 4 is 21.8 Å². The molecule has 106 valence electrons. The number of alkyl halides is 1. The number of hydrogen-bond acceptors (Lipinski definition) is 2. The van der Waals surface area contributed by atoms with Crippen molar-refractivity contribution in [3.8, 4) is 0 Å². The molecular formula is C14H26BrNO2. The van der Waals surface area contributed by atoms with Crippen LogP contribution in [0.3, 0.4) is 0 Å². The monoisotopic (exact) mass is 319 g/mol. The Balaban J connectivity index is 2.60. The summed E-state index contributed by atoms with van der Waals surface area (Å²) in [6, 6.07) is 0.222. The lowest BCUT2D eigenvalue weighted by molar-refractivity contribution is -0.132. The van der Waals surface area contributed by atoms with Crippen LogP contribution in [-0.2, 0) is 9.53 Å². The Morgan fingerprint density at radius 1 is 1.50 bits per heavy atom. The van der Waals surface area contributed by atoms with Gasteiger partial charge in [0.15, 0.2) is 0 Å². The number of ether oxygens (including phenoxy) is 1. The van der Waals surface area contributed by atoms with Gasteiger partial charge in [-0.15, -0.1) is 0 Å². The number of rotatable bonds is 4. The van der Waals surface area contributed by atoms with E-state index in [1.807, 2.05) is 0 Å². The first-order chi connectivity index (χ1) is 8.36. The smallest absolute Gasteiger partial charge is 0.223 e. The number of nitrogens with one attached hydrogen (secondary N) is 1. The predicted octanol–water partition coefficient (Wildman–Crippen LogP) is 2.97. The first kappa shape index (κ1) is 16.0. The van der Waals surface area contributed by atoms with Crippen molar-refractivity contribution in [2.75, 3.05) is 18.5 Å². The maximum Gasteiger partial charge on any atom is 0.223 e. The van der Waals surface area contributed by atoms with Gasteiger partial charge < -0.3 is 10.1 Å². The molecule has 1 aliphatic rings. The van der Waals surface area contributed by atoms with E-state index < -0.39 is 0 Å². The van der Waals surface area contributed by atoms with E-state index in [0.29, 0.717) is 19.1 Å². The van der Waals surface area contributed by atoms with Crippen molar-refractivity contribution < 1.29 is 9.53 Å². The summed E-state index contributed by atoms with van der Waals surface area (Å²) in [5.41, 5.74) is 0.0951. The lowest BCUT2D eigenvalue weighted by Gasteiger charge is -2.34. The van der Waals surface area contributed by atoms with Gasteiger partial charge in [0.25, 0.3) is 0 Å². The van der Waals surface area contributed by atoms with Crippen LogP contribution < -0.4 is 5.32 Å². The lowest BCUT2D eigenvalue weighted by Crippen LogP contribution is -2.48. The largest absolute Gasteiger partial charge is 0.381 e. The number of hydrogen-bond donors (Lipinski definition) is 1. The summed E-state index contributed by atoms with van der Waals surface area (Å²) in [4.78, 5) is 12.4. The molecule has 0 bridgehead atoms. The van der Waals surface area contributed by atoms with Gasteiger partial charge in [0.1, 0.15) is 0 Å². The Kier molecular flexibility index (Phi) is 6.12. The van der Waals surface area contributed by atoms with E-state index >= 15 is 0 Å². The number of amides is 1. The van der Waals surface area contributed by atoms with Crippen LogP contribution in [0.15, 0.2) is 0 Å². The summed E-state index contributed by atoms with van der Waals surface area (Å²) >= 11 is 3.47. The third kappa shape index (κ3) is 4.54. The molecular weight excluding hydrogens is 294 g/mol. The molecule has 1 N–H and O–H groups in total.